The number of alkyl halides is 1. The molecule has 0 atom stereocenters. The van der Waals surface area contributed by atoms with Crippen molar-refractivity contribution in [3.05, 3.63) is 23.8 Å². The van der Waals surface area contributed by atoms with E-state index < -0.39 is 0 Å². The van der Waals surface area contributed by atoms with E-state index in [1.807, 2.05) is 0 Å². The van der Waals surface area contributed by atoms with Crippen LogP contribution in [0.2, 0.25) is 0 Å². The molecule has 0 bridgehead atoms. The van der Waals surface area contributed by atoms with Gasteiger partial charge in [-0.25, -0.2) is 0 Å². The fourth-order valence-corrected chi connectivity index (χ4v) is 1.61. The Kier molecular flexibility index (Phi) is 6.00. The lowest BCUT2D eigenvalue weighted by Crippen LogP contribution is -2.04. The normalized spacial score (nSPS) is 10.1. The first kappa shape index (κ1) is 14.0. The number of hydrogen-bond acceptors (Lipinski definition) is 4. The van der Waals surface area contributed by atoms with E-state index in [1.54, 1.807) is 25.3 Å². The zero-order valence-electron chi connectivity index (χ0n) is 9.61. The van der Waals surface area contributed by atoms with E-state index in [0.29, 0.717) is 30.1 Å². The van der Waals surface area contributed by atoms with Gasteiger partial charge in [0.1, 0.15) is 0 Å². The molecular weight excluding hydrogens is 288 g/mol. The van der Waals surface area contributed by atoms with Gasteiger partial charge in [0, 0.05) is 18.6 Å². The van der Waals surface area contributed by atoms with Gasteiger partial charge in [0.05, 0.1) is 19.0 Å². The molecule has 0 aliphatic heterocycles. The van der Waals surface area contributed by atoms with Crippen molar-refractivity contribution in [3.8, 4) is 11.5 Å². The highest BCUT2D eigenvalue weighted by molar-refractivity contribution is 9.09. The molecule has 0 heterocycles. The molecular formula is C12H15BrO4. The van der Waals surface area contributed by atoms with E-state index in [4.69, 9.17) is 14.6 Å². The summed E-state index contributed by atoms with van der Waals surface area (Å²) in [4.78, 5) is 11.5. The minimum atomic E-state index is -0.0142. The maximum absolute atomic E-state index is 11.5. The lowest BCUT2D eigenvalue weighted by molar-refractivity contribution is 0.102. The first-order valence-corrected chi connectivity index (χ1v) is 6.36. The van der Waals surface area contributed by atoms with Crippen molar-refractivity contribution >= 4 is 21.7 Å². The smallest absolute Gasteiger partial charge is 0.173 e. The number of Topliss-reactive ketones (excluding diaryl/α,β-unsaturated/α-hetero) is 1. The summed E-state index contributed by atoms with van der Waals surface area (Å²) in [6, 6.07) is 5.05. The van der Waals surface area contributed by atoms with E-state index in [0.717, 1.165) is 0 Å². The molecule has 0 saturated heterocycles. The van der Waals surface area contributed by atoms with Gasteiger partial charge < -0.3 is 14.6 Å². The molecule has 0 saturated carbocycles. The molecule has 4 nitrogen and oxygen atoms in total. The van der Waals surface area contributed by atoms with Gasteiger partial charge >= 0.3 is 0 Å². The molecule has 0 fully saturated rings. The van der Waals surface area contributed by atoms with Crippen LogP contribution in [0.25, 0.3) is 0 Å². The van der Waals surface area contributed by atoms with Crippen molar-refractivity contribution in [1.82, 2.24) is 0 Å². The van der Waals surface area contributed by atoms with Gasteiger partial charge in [-0.15, -0.1) is 0 Å². The molecule has 94 valence electrons. The first-order chi connectivity index (χ1) is 8.22. The Hall–Kier alpha value is -1.07. The number of methoxy groups -OCH3 is 1. The highest BCUT2D eigenvalue weighted by Crippen LogP contribution is 2.28. The standard InChI is InChI=1S/C12H15BrO4/c1-16-11-4-3-9(10(15)8-13)7-12(11)17-6-2-5-14/h3-4,7,14H,2,5-6,8H2,1H3. The number of carbonyl (C=O) groups is 1. The van der Waals surface area contributed by atoms with Crippen LogP contribution in [0.3, 0.4) is 0 Å². The minimum absolute atomic E-state index is 0.0142. The Bertz CT molecular complexity index is 379. The number of rotatable bonds is 7. The third-order valence-corrected chi connectivity index (χ3v) is 2.68. The molecule has 1 aromatic carbocycles. The van der Waals surface area contributed by atoms with Crippen LogP contribution >= 0.6 is 15.9 Å². The lowest BCUT2D eigenvalue weighted by atomic mass is 10.1. The summed E-state index contributed by atoms with van der Waals surface area (Å²) in [5.74, 6) is 1.08. The van der Waals surface area contributed by atoms with Gasteiger partial charge in [-0.3, -0.25) is 4.79 Å². The summed E-state index contributed by atoms with van der Waals surface area (Å²) in [5.41, 5.74) is 0.571. The first-order valence-electron chi connectivity index (χ1n) is 5.23. The van der Waals surface area contributed by atoms with Crippen LogP contribution in [0.5, 0.6) is 11.5 Å². The van der Waals surface area contributed by atoms with Gasteiger partial charge in [0.25, 0.3) is 0 Å². The average molecular weight is 303 g/mol. The molecule has 0 unspecified atom stereocenters. The average Bonchev–Trinajstić information content (AvgIpc) is 2.38. The summed E-state index contributed by atoms with van der Waals surface area (Å²) >= 11 is 3.12. The van der Waals surface area contributed by atoms with Crippen LogP contribution in [0.15, 0.2) is 18.2 Å². The van der Waals surface area contributed by atoms with Crippen LogP contribution in [0.4, 0.5) is 0 Å². The fourth-order valence-electron chi connectivity index (χ4n) is 1.29. The molecule has 17 heavy (non-hydrogen) atoms. The van der Waals surface area contributed by atoms with Gasteiger partial charge in [-0.05, 0) is 18.2 Å². The Morgan fingerprint density at radius 3 is 2.76 bits per heavy atom. The maximum Gasteiger partial charge on any atom is 0.173 e. The number of aliphatic hydroxyl groups excluding tert-OH is 1. The van der Waals surface area contributed by atoms with Crippen molar-refractivity contribution in [1.29, 1.82) is 0 Å². The minimum Gasteiger partial charge on any atom is -0.493 e. The van der Waals surface area contributed by atoms with E-state index in [9.17, 15) is 4.79 Å². The Morgan fingerprint density at radius 1 is 1.41 bits per heavy atom. The predicted octanol–water partition coefficient (Wildman–Crippen LogP) is 2.03. The van der Waals surface area contributed by atoms with Crippen LogP contribution in [0.1, 0.15) is 16.8 Å². The summed E-state index contributed by atoms with van der Waals surface area (Å²) < 4.78 is 10.6. The van der Waals surface area contributed by atoms with Crippen molar-refractivity contribution in [3.63, 3.8) is 0 Å². The van der Waals surface area contributed by atoms with Gasteiger partial charge in [-0.2, -0.15) is 0 Å². The largest absolute Gasteiger partial charge is 0.493 e. The van der Waals surface area contributed by atoms with Crippen molar-refractivity contribution in [2.24, 2.45) is 0 Å². The summed E-state index contributed by atoms with van der Waals surface area (Å²) in [6.45, 7) is 0.459. The predicted molar refractivity (Wildman–Crippen MR) is 68.3 cm³/mol. The van der Waals surface area contributed by atoms with E-state index in [2.05, 4.69) is 15.9 Å². The van der Waals surface area contributed by atoms with Crippen LogP contribution in [-0.2, 0) is 0 Å². The molecule has 0 aliphatic carbocycles. The lowest BCUT2D eigenvalue weighted by Gasteiger charge is -2.11. The SMILES string of the molecule is COc1ccc(C(=O)CBr)cc1OCCCO. The Labute approximate surface area is 109 Å². The van der Waals surface area contributed by atoms with Gasteiger partial charge in [0.15, 0.2) is 17.3 Å². The molecule has 1 rings (SSSR count). The second kappa shape index (κ2) is 7.29. The number of halogens is 1. The monoisotopic (exact) mass is 302 g/mol. The second-order valence-corrected chi connectivity index (χ2v) is 3.91. The van der Waals surface area contributed by atoms with Crippen LogP contribution in [-0.4, -0.2) is 36.5 Å². The summed E-state index contributed by atoms with van der Waals surface area (Å²) in [7, 11) is 1.54. The highest BCUT2D eigenvalue weighted by atomic mass is 79.9. The maximum atomic E-state index is 11.5. The van der Waals surface area contributed by atoms with E-state index in [-0.39, 0.29) is 17.7 Å². The molecule has 0 radical (unpaired) electrons. The molecule has 0 aliphatic rings. The van der Waals surface area contributed by atoms with Gasteiger partial charge in [0.2, 0.25) is 0 Å². The number of ketones is 1. The Balaban J connectivity index is 2.86. The summed E-state index contributed by atoms with van der Waals surface area (Å²) in [5, 5.41) is 8.95. The third-order valence-electron chi connectivity index (χ3n) is 2.17. The second-order valence-electron chi connectivity index (χ2n) is 3.35. The zero-order valence-corrected chi connectivity index (χ0v) is 11.2. The Morgan fingerprint density at radius 2 is 2.18 bits per heavy atom. The molecule has 1 aromatic rings. The number of ether oxygens (including phenoxy) is 2. The van der Waals surface area contributed by atoms with Crippen molar-refractivity contribution < 1.29 is 19.4 Å². The van der Waals surface area contributed by atoms with E-state index in [1.165, 1.54) is 0 Å². The number of carbonyl (C=O) groups excluding carboxylic acids is 1. The van der Waals surface area contributed by atoms with Crippen molar-refractivity contribution in [2.75, 3.05) is 25.7 Å². The number of hydrogen-bond donors (Lipinski definition) is 1. The van der Waals surface area contributed by atoms with Gasteiger partial charge in [-0.1, -0.05) is 15.9 Å². The molecule has 0 spiro atoms. The molecule has 0 amide bonds. The van der Waals surface area contributed by atoms with Crippen LogP contribution in [0, 0.1) is 0 Å². The molecule has 5 heteroatoms. The fraction of sp³-hybridized carbons (Fsp3) is 0.417. The number of benzene rings is 1. The topological polar surface area (TPSA) is 55.8 Å². The zero-order chi connectivity index (χ0) is 12.7. The van der Waals surface area contributed by atoms with E-state index >= 15 is 0 Å². The summed E-state index contributed by atoms with van der Waals surface area (Å²) in [6.07, 6.45) is 0.541. The molecule has 0 aromatic heterocycles. The van der Waals surface area contributed by atoms with Crippen molar-refractivity contribution in [2.45, 2.75) is 6.42 Å². The molecule has 1 N–H and O–H groups in total. The van der Waals surface area contributed by atoms with Crippen LogP contribution < -0.4 is 9.47 Å². The highest BCUT2D eigenvalue weighted by Gasteiger charge is 2.10. The number of aliphatic hydroxyl groups is 1. The quantitative estimate of drug-likeness (QED) is 0.476. The third kappa shape index (κ3) is 4.02.